The number of nitrogen functional groups attached to an aromatic ring is 1. The fourth-order valence-corrected chi connectivity index (χ4v) is 7.79. The maximum Gasteiger partial charge on any atom is 0.335 e. The van der Waals surface area contributed by atoms with Crippen LogP contribution in [-0.2, 0) is 42.2 Å². The van der Waals surface area contributed by atoms with E-state index in [1.54, 1.807) is 102 Å². The number of aromatic nitrogens is 4. The van der Waals surface area contributed by atoms with Gasteiger partial charge in [-0.3, -0.25) is 39.4 Å². The molecular weight excluding hydrogens is 1010 g/mol. The maximum atomic E-state index is 13.3. The van der Waals surface area contributed by atoms with Gasteiger partial charge in [-0.25, -0.2) is 13.1 Å². The third-order valence-electron chi connectivity index (χ3n) is 10.3. The minimum atomic E-state index is -3.93. The van der Waals surface area contributed by atoms with Crippen LogP contribution in [0.3, 0.4) is 0 Å². The summed E-state index contributed by atoms with van der Waals surface area (Å²) >= 11 is 0. The van der Waals surface area contributed by atoms with Gasteiger partial charge < -0.3 is 34.1 Å². The van der Waals surface area contributed by atoms with Crippen LogP contribution in [0.25, 0.3) is 22.8 Å². The molecule has 2 aromatic heterocycles. The molecule has 24 nitrogen and oxygen atoms in total. The summed E-state index contributed by atoms with van der Waals surface area (Å²) in [5.41, 5.74) is 7.50. The van der Waals surface area contributed by atoms with Crippen LogP contribution in [0, 0.1) is 27.2 Å². The van der Waals surface area contributed by atoms with E-state index in [4.69, 9.17) is 24.3 Å². The molecule has 396 valence electrons. The molecule has 0 atom stereocenters. The number of nitrogens with two attached hydrogens (primary N) is 1. The molecular formula is C51H52N10O14S. The largest absolute Gasteiger partial charge is 0.459 e. The van der Waals surface area contributed by atoms with Gasteiger partial charge in [-0.05, 0) is 96.0 Å². The summed E-state index contributed by atoms with van der Waals surface area (Å²) in [7, 11) is -3.93. The predicted molar refractivity (Wildman–Crippen MR) is 273 cm³/mol. The molecule has 0 fully saturated rings. The number of non-ortho nitro benzene ring substituents is 2. The number of aryl methyl sites for hydroxylation is 1. The zero-order valence-electron chi connectivity index (χ0n) is 42.2. The Labute approximate surface area is 435 Å². The van der Waals surface area contributed by atoms with Gasteiger partial charge in [-0.2, -0.15) is 9.97 Å². The van der Waals surface area contributed by atoms with Gasteiger partial charge in [0, 0.05) is 59.6 Å². The van der Waals surface area contributed by atoms with Crippen LogP contribution >= 0.6 is 0 Å². The van der Waals surface area contributed by atoms with Crippen LogP contribution in [0.1, 0.15) is 78.9 Å². The number of hydrogen-bond acceptors (Lipinski definition) is 19. The number of nitro groups is 2. The van der Waals surface area contributed by atoms with E-state index in [2.05, 4.69) is 25.0 Å². The lowest BCUT2D eigenvalue weighted by molar-refractivity contribution is -0.385. The number of anilines is 2. The van der Waals surface area contributed by atoms with Gasteiger partial charge in [-0.1, -0.05) is 76.5 Å². The highest BCUT2D eigenvalue weighted by molar-refractivity contribution is 7.92. The summed E-state index contributed by atoms with van der Waals surface area (Å²) in [5, 5.41) is 29.5. The normalized spacial score (nSPS) is 11.4. The summed E-state index contributed by atoms with van der Waals surface area (Å²) < 4.78 is 48.1. The Morgan fingerprint density at radius 2 is 1.00 bits per heavy atom. The molecule has 0 aliphatic rings. The number of rotatable bonds is 17. The molecule has 2 amide bonds. The number of amides is 2. The zero-order valence-corrected chi connectivity index (χ0v) is 43.0. The number of nitrogens with zero attached hydrogens (tertiary/aromatic N) is 8. The number of hydrogen-bond donors (Lipinski definition) is 2. The molecule has 3 N–H and O–H groups in total. The van der Waals surface area contributed by atoms with Crippen molar-refractivity contribution in [1.82, 2.24) is 30.1 Å². The summed E-state index contributed by atoms with van der Waals surface area (Å²) in [6, 6.07) is 29.9. The molecule has 0 aliphatic heterocycles. The molecule has 2 heterocycles. The summed E-state index contributed by atoms with van der Waals surface area (Å²) in [4.78, 5) is 83.0. The SMILES string of the molecule is CC(C)(C)OC(=O)CN(Cc1ccc(-c2noc(N)n2)cc1)C(=O)c1ccc([N+](=O)[O-])cc1.Cc1ccc(S(=O)(=O)Nc2nc(-c3ccc(CN(CC(=O)OC(C)(C)C)C(=O)c4ccc([N+](=O)[O-])cc4)cc3)no2)cc1. The first-order valence-corrected chi connectivity index (χ1v) is 24.4. The van der Waals surface area contributed by atoms with E-state index < -0.39 is 54.8 Å². The van der Waals surface area contributed by atoms with E-state index in [-0.39, 0.29) is 71.4 Å². The Hall–Kier alpha value is -9.39. The summed E-state index contributed by atoms with van der Waals surface area (Å²) in [6.45, 7) is 11.6. The van der Waals surface area contributed by atoms with Crippen molar-refractivity contribution in [2.75, 3.05) is 23.5 Å². The van der Waals surface area contributed by atoms with Gasteiger partial charge in [0.25, 0.3) is 33.2 Å². The summed E-state index contributed by atoms with van der Waals surface area (Å²) in [5.74, 6) is -1.73. The minimum absolute atomic E-state index is 0.0171. The summed E-state index contributed by atoms with van der Waals surface area (Å²) in [6.07, 6.45) is 0. The third-order valence-corrected chi connectivity index (χ3v) is 11.6. The molecule has 0 unspecified atom stereocenters. The first-order valence-electron chi connectivity index (χ1n) is 22.9. The van der Waals surface area contributed by atoms with Crippen LogP contribution < -0.4 is 10.5 Å². The van der Waals surface area contributed by atoms with Gasteiger partial charge in [-0.15, -0.1) is 0 Å². The van der Waals surface area contributed by atoms with E-state index in [0.717, 1.165) is 11.1 Å². The second kappa shape index (κ2) is 23.7. The highest BCUT2D eigenvalue weighted by Crippen LogP contribution is 2.24. The van der Waals surface area contributed by atoms with E-state index >= 15 is 0 Å². The fourth-order valence-electron chi connectivity index (χ4n) is 6.86. The second-order valence-electron chi connectivity index (χ2n) is 18.8. The zero-order chi connectivity index (χ0) is 55.5. The molecule has 0 bridgehead atoms. The van der Waals surface area contributed by atoms with Crippen molar-refractivity contribution >= 4 is 57.2 Å². The topological polar surface area (TPSA) is 330 Å². The minimum Gasteiger partial charge on any atom is -0.459 e. The van der Waals surface area contributed by atoms with Crippen LogP contribution in [-0.4, -0.2) is 96.4 Å². The average Bonchev–Trinajstić information content (AvgIpc) is 4.01. The van der Waals surface area contributed by atoms with Crippen LogP contribution in [0.4, 0.5) is 23.4 Å². The van der Waals surface area contributed by atoms with E-state index in [9.17, 15) is 47.8 Å². The van der Waals surface area contributed by atoms with Crippen LogP contribution in [0.2, 0.25) is 0 Å². The first kappa shape index (κ1) is 55.9. The Morgan fingerprint density at radius 3 is 1.37 bits per heavy atom. The van der Waals surface area contributed by atoms with Crippen molar-refractivity contribution in [2.24, 2.45) is 0 Å². The number of nitrogens with one attached hydrogen (secondary N) is 1. The Balaban J connectivity index is 0.000000255. The lowest BCUT2D eigenvalue weighted by atomic mass is 10.1. The quantitative estimate of drug-likeness (QED) is 0.0496. The molecule has 0 saturated carbocycles. The van der Waals surface area contributed by atoms with Crippen LogP contribution in [0.5, 0.6) is 0 Å². The molecule has 0 saturated heterocycles. The number of esters is 2. The molecule has 5 aromatic carbocycles. The van der Waals surface area contributed by atoms with Gasteiger partial charge in [0.2, 0.25) is 11.6 Å². The monoisotopic (exact) mass is 1060 g/mol. The van der Waals surface area contributed by atoms with Crippen molar-refractivity contribution in [2.45, 2.75) is 77.7 Å². The smallest absolute Gasteiger partial charge is 0.335 e. The lowest BCUT2D eigenvalue weighted by Gasteiger charge is -2.25. The van der Waals surface area contributed by atoms with Crippen molar-refractivity contribution in [3.8, 4) is 22.8 Å². The highest BCUT2D eigenvalue weighted by atomic mass is 32.2. The fraction of sp³-hybridized carbons (Fsp3) is 0.255. The maximum absolute atomic E-state index is 13.3. The molecule has 7 rings (SSSR count). The average molecular weight is 1060 g/mol. The Morgan fingerprint density at radius 1 is 0.605 bits per heavy atom. The van der Waals surface area contributed by atoms with Gasteiger partial charge in [0.15, 0.2) is 0 Å². The number of nitro benzene ring substituents is 2. The van der Waals surface area contributed by atoms with Crippen molar-refractivity contribution in [3.63, 3.8) is 0 Å². The number of benzene rings is 5. The van der Waals surface area contributed by atoms with E-state index in [1.165, 1.54) is 70.5 Å². The first-order chi connectivity index (χ1) is 35.7. The van der Waals surface area contributed by atoms with E-state index in [0.29, 0.717) is 22.5 Å². The van der Waals surface area contributed by atoms with Crippen molar-refractivity contribution < 1.29 is 56.0 Å². The number of carbonyl (C=O) groups is 4. The molecule has 0 aliphatic carbocycles. The van der Waals surface area contributed by atoms with Gasteiger partial charge >= 0.3 is 24.0 Å². The van der Waals surface area contributed by atoms with Gasteiger partial charge in [0.1, 0.15) is 24.3 Å². The van der Waals surface area contributed by atoms with Crippen molar-refractivity contribution in [3.05, 3.63) is 169 Å². The highest BCUT2D eigenvalue weighted by Gasteiger charge is 2.27. The third kappa shape index (κ3) is 16.1. The number of ether oxygens (including phenoxy) is 2. The molecule has 76 heavy (non-hydrogen) atoms. The number of carbonyl (C=O) groups excluding carboxylic acids is 4. The number of sulfonamides is 1. The Kier molecular flexibility index (Phi) is 17.4. The molecule has 7 aromatic rings. The van der Waals surface area contributed by atoms with Gasteiger partial charge in [0.05, 0.1) is 14.7 Å². The standard InChI is InChI=1S/C29H29N5O8S.C22H23N5O6/c1-19-5-15-24(16-6-19)43(39,40)32-28-30-26(31-42-28)21-9-7-20(8-10-21)17-33(18-25(35)41-29(2,3)4)27(36)22-11-13-23(14-12-22)34(37)38;1-22(2,3)32-18(28)13-26(20(29)16-8-10-17(11-9-16)27(30)31)12-14-4-6-15(7-5-14)19-24-21(23)33-25-19/h5-16H,17-18H2,1-4H3,(H,30,31,32);4-11H,12-13H2,1-3H3,(H2,23,24,25). The Bertz CT molecular complexity index is 3310. The van der Waals surface area contributed by atoms with E-state index in [1.807, 2.05) is 6.92 Å². The van der Waals surface area contributed by atoms with Crippen molar-refractivity contribution in [1.29, 1.82) is 0 Å². The lowest BCUT2D eigenvalue weighted by Crippen LogP contribution is -2.38. The molecule has 25 heteroatoms. The molecule has 0 radical (unpaired) electrons. The van der Waals surface area contributed by atoms with Crippen LogP contribution in [0.15, 0.2) is 135 Å². The second-order valence-corrected chi connectivity index (χ2v) is 20.5. The molecule has 0 spiro atoms. The predicted octanol–water partition coefficient (Wildman–Crippen LogP) is 7.95.